The van der Waals surface area contributed by atoms with Crippen LogP contribution in [0.5, 0.6) is 23.0 Å². The molecule has 0 aromatic heterocycles. The van der Waals surface area contributed by atoms with Crippen molar-refractivity contribution in [3.8, 4) is 23.0 Å². The van der Waals surface area contributed by atoms with Gasteiger partial charge in [-0.25, -0.2) is 0 Å². The van der Waals surface area contributed by atoms with Gasteiger partial charge in [-0.3, -0.25) is 0 Å². The first-order valence-electron chi connectivity index (χ1n) is 14.9. The van der Waals surface area contributed by atoms with Crippen molar-refractivity contribution in [2.75, 3.05) is 28.4 Å². The summed E-state index contributed by atoms with van der Waals surface area (Å²) < 4.78 is 23.0. The van der Waals surface area contributed by atoms with E-state index in [4.69, 9.17) is 18.9 Å². The van der Waals surface area contributed by atoms with Crippen LogP contribution in [0, 0.1) is 10.8 Å². The quantitative estimate of drug-likeness (QED) is 0.264. The van der Waals surface area contributed by atoms with E-state index in [9.17, 15) is 0 Å². The van der Waals surface area contributed by atoms with Crippen molar-refractivity contribution in [2.45, 2.75) is 38.5 Å². The monoisotopic (exact) mass is 556 g/mol. The number of ether oxygens (including phenoxy) is 4. The Morgan fingerprint density at radius 3 is 1.00 bits per heavy atom. The van der Waals surface area contributed by atoms with Gasteiger partial charge in [-0.15, -0.1) is 0 Å². The van der Waals surface area contributed by atoms with Crippen molar-refractivity contribution in [1.29, 1.82) is 0 Å². The minimum atomic E-state index is -0.00661. The number of methoxy groups -OCH3 is 4. The Labute approximate surface area is 247 Å². The number of hydrogen-bond donors (Lipinski definition) is 0. The van der Waals surface area contributed by atoms with E-state index in [2.05, 4.69) is 72.8 Å². The highest BCUT2D eigenvalue weighted by molar-refractivity contribution is 6.01. The molecule has 0 unspecified atom stereocenters. The molecule has 212 valence electrons. The summed E-state index contributed by atoms with van der Waals surface area (Å²) >= 11 is 0. The standard InChI is InChI=1S/C38H36O4/c1-39-31-13-25-19-37(20-26(25)14-32(31)40-2)17-23-9-5-7-11-29(23)35(37)36-30-12-8-6-10-24(30)18-38(36)21-27-15-33(41-3)34(42-4)16-28(27)22-38/h5-16H,17-22H2,1-4H3/b36-35+. The van der Waals surface area contributed by atoms with Crippen molar-refractivity contribution in [1.82, 2.24) is 0 Å². The van der Waals surface area contributed by atoms with Gasteiger partial charge in [0, 0.05) is 10.8 Å². The SMILES string of the molecule is COc1cc2c(cc1OC)CC1(C2)Cc2ccccc2/C1=C1/c2ccccc2CC12Cc1cc(OC)c(OC)cc1C2. The first kappa shape index (κ1) is 25.5. The van der Waals surface area contributed by atoms with Gasteiger partial charge in [0.05, 0.1) is 28.4 Å². The number of benzene rings is 4. The fourth-order valence-electron chi connectivity index (χ4n) is 8.89. The zero-order valence-electron chi connectivity index (χ0n) is 24.8. The second-order valence-electron chi connectivity index (χ2n) is 12.6. The Bertz CT molecular complexity index is 1600. The molecule has 0 saturated carbocycles. The largest absolute Gasteiger partial charge is 0.493 e. The van der Waals surface area contributed by atoms with Gasteiger partial charge < -0.3 is 18.9 Å². The minimum absolute atomic E-state index is 0.00661. The Balaban J connectivity index is 1.36. The molecule has 4 aromatic carbocycles. The predicted octanol–water partition coefficient (Wildman–Crippen LogP) is 7.31. The molecule has 0 saturated heterocycles. The van der Waals surface area contributed by atoms with Crippen LogP contribution in [0.15, 0.2) is 72.8 Å². The lowest BCUT2D eigenvalue weighted by Gasteiger charge is -2.34. The summed E-state index contributed by atoms with van der Waals surface area (Å²) in [5.41, 5.74) is 14.4. The van der Waals surface area contributed by atoms with Crippen LogP contribution in [0.3, 0.4) is 0 Å². The van der Waals surface area contributed by atoms with Crippen molar-refractivity contribution in [3.63, 3.8) is 0 Å². The molecule has 4 aliphatic rings. The maximum Gasteiger partial charge on any atom is 0.161 e. The van der Waals surface area contributed by atoms with Gasteiger partial charge in [-0.1, -0.05) is 48.5 Å². The van der Waals surface area contributed by atoms with Gasteiger partial charge in [-0.05, 0) is 118 Å². The first-order valence-corrected chi connectivity index (χ1v) is 14.9. The van der Waals surface area contributed by atoms with E-state index in [1.54, 1.807) is 39.6 Å². The van der Waals surface area contributed by atoms with Crippen LogP contribution in [0.2, 0.25) is 0 Å². The molecule has 0 fully saturated rings. The second kappa shape index (κ2) is 9.16. The van der Waals surface area contributed by atoms with Crippen LogP contribution in [0.25, 0.3) is 11.1 Å². The van der Waals surface area contributed by atoms with Crippen molar-refractivity contribution >= 4 is 11.1 Å². The van der Waals surface area contributed by atoms with Gasteiger partial charge >= 0.3 is 0 Å². The topological polar surface area (TPSA) is 36.9 Å². The van der Waals surface area contributed by atoms with Crippen LogP contribution >= 0.6 is 0 Å². The number of allylic oxidation sites excluding steroid dienone is 2. The van der Waals surface area contributed by atoms with Crippen LogP contribution in [0.4, 0.5) is 0 Å². The smallest absolute Gasteiger partial charge is 0.161 e. The van der Waals surface area contributed by atoms with E-state index in [0.717, 1.165) is 61.5 Å². The van der Waals surface area contributed by atoms with E-state index in [0.29, 0.717) is 0 Å². The molecule has 4 nitrogen and oxygen atoms in total. The van der Waals surface area contributed by atoms with E-state index >= 15 is 0 Å². The molecule has 0 radical (unpaired) electrons. The molecule has 2 spiro atoms. The normalized spacial score (nSPS) is 19.9. The van der Waals surface area contributed by atoms with Crippen LogP contribution in [-0.2, 0) is 38.5 Å². The Hall–Kier alpha value is -4.18. The van der Waals surface area contributed by atoms with Gasteiger partial charge in [0.15, 0.2) is 23.0 Å². The Kier molecular flexibility index (Phi) is 5.57. The highest BCUT2D eigenvalue weighted by Gasteiger charge is 2.54. The zero-order chi connectivity index (χ0) is 28.6. The van der Waals surface area contributed by atoms with Gasteiger partial charge in [0.2, 0.25) is 0 Å². The average molecular weight is 557 g/mol. The maximum absolute atomic E-state index is 5.74. The minimum Gasteiger partial charge on any atom is -0.493 e. The summed E-state index contributed by atoms with van der Waals surface area (Å²) in [5, 5.41) is 0. The van der Waals surface area contributed by atoms with Gasteiger partial charge in [0.1, 0.15) is 0 Å². The molecule has 0 amide bonds. The summed E-state index contributed by atoms with van der Waals surface area (Å²) in [4.78, 5) is 0. The molecule has 0 atom stereocenters. The molecule has 42 heavy (non-hydrogen) atoms. The molecular weight excluding hydrogens is 520 g/mol. The highest BCUT2D eigenvalue weighted by Crippen LogP contribution is 2.64. The van der Waals surface area contributed by atoms with E-state index in [1.807, 2.05) is 0 Å². The second-order valence-corrected chi connectivity index (χ2v) is 12.6. The molecule has 4 heteroatoms. The Morgan fingerprint density at radius 2 is 0.690 bits per heavy atom. The third kappa shape index (κ3) is 3.47. The van der Waals surface area contributed by atoms with Crippen molar-refractivity contribution in [3.05, 3.63) is 117 Å². The zero-order valence-corrected chi connectivity index (χ0v) is 24.8. The van der Waals surface area contributed by atoms with E-state index < -0.39 is 0 Å². The van der Waals surface area contributed by atoms with Gasteiger partial charge in [-0.2, -0.15) is 0 Å². The average Bonchev–Trinajstić information content (AvgIpc) is 3.73. The number of fused-ring (bicyclic) bond motifs is 4. The molecule has 0 heterocycles. The third-order valence-electron chi connectivity index (χ3n) is 10.5. The molecule has 4 aliphatic carbocycles. The molecule has 0 N–H and O–H groups in total. The van der Waals surface area contributed by atoms with Gasteiger partial charge in [0.25, 0.3) is 0 Å². The fourth-order valence-corrected chi connectivity index (χ4v) is 8.89. The van der Waals surface area contributed by atoms with E-state index in [-0.39, 0.29) is 10.8 Å². The lowest BCUT2D eigenvalue weighted by molar-refractivity contribution is 0.354. The summed E-state index contributed by atoms with van der Waals surface area (Å²) in [7, 11) is 6.92. The third-order valence-corrected chi connectivity index (χ3v) is 10.5. The van der Waals surface area contributed by atoms with Crippen molar-refractivity contribution in [2.24, 2.45) is 10.8 Å². The predicted molar refractivity (Wildman–Crippen MR) is 166 cm³/mol. The molecule has 4 aromatic rings. The lowest BCUT2D eigenvalue weighted by Crippen LogP contribution is -2.27. The number of rotatable bonds is 4. The molecule has 0 aliphatic heterocycles. The van der Waals surface area contributed by atoms with Crippen molar-refractivity contribution < 1.29 is 18.9 Å². The number of hydrogen-bond acceptors (Lipinski definition) is 4. The highest BCUT2D eigenvalue weighted by atomic mass is 16.5. The molecule has 8 rings (SSSR count). The van der Waals surface area contributed by atoms with Crippen LogP contribution < -0.4 is 18.9 Å². The maximum atomic E-state index is 5.74. The summed E-state index contributed by atoms with van der Waals surface area (Å²) in [5.74, 6) is 3.26. The molecular formula is C38H36O4. The Morgan fingerprint density at radius 1 is 0.405 bits per heavy atom. The fraction of sp³-hybridized carbons (Fsp3) is 0.316. The molecule has 0 bridgehead atoms. The summed E-state index contributed by atoms with van der Waals surface area (Å²) in [6, 6.07) is 27.2. The first-order chi connectivity index (χ1) is 20.5. The van der Waals surface area contributed by atoms with E-state index in [1.165, 1.54) is 44.5 Å². The lowest BCUT2D eigenvalue weighted by atomic mass is 9.68. The summed E-state index contributed by atoms with van der Waals surface area (Å²) in [6.07, 6.45) is 6.11. The van der Waals surface area contributed by atoms with Crippen LogP contribution in [-0.4, -0.2) is 28.4 Å². The van der Waals surface area contributed by atoms with Crippen LogP contribution in [0.1, 0.15) is 44.5 Å². The summed E-state index contributed by atoms with van der Waals surface area (Å²) in [6.45, 7) is 0.